The Hall–Kier alpha value is -4.82. The minimum Gasteiger partial charge on any atom is -0.325 e. The van der Waals surface area contributed by atoms with Crippen LogP contribution in [0.5, 0.6) is 0 Å². The van der Waals surface area contributed by atoms with Crippen molar-refractivity contribution < 1.29 is 14.4 Å². The van der Waals surface area contributed by atoms with Crippen LogP contribution in [0.15, 0.2) is 144 Å². The molecular weight excluding hydrogens is 625 g/mol. The number of benzene rings is 5. The van der Waals surface area contributed by atoms with Crippen LogP contribution < -0.4 is 16.0 Å². The number of nitrogens with one attached hydrogen (secondary N) is 3. The Labute approximate surface area is 275 Å². The molecule has 0 aliphatic heterocycles. The van der Waals surface area contributed by atoms with E-state index in [1.807, 2.05) is 66.7 Å². The van der Waals surface area contributed by atoms with Gasteiger partial charge in [-0.3, -0.25) is 14.4 Å². The number of rotatable bonds is 10. The summed E-state index contributed by atoms with van der Waals surface area (Å²) >= 11 is 14.1. The Bertz CT molecular complexity index is 1810. The van der Waals surface area contributed by atoms with Crippen molar-refractivity contribution in [3.63, 3.8) is 0 Å². The van der Waals surface area contributed by atoms with E-state index in [0.29, 0.717) is 32.5 Å². The predicted molar refractivity (Wildman–Crippen MR) is 184 cm³/mol. The molecule has 5 aromatic rings. The number of hydrogen-bond acceptors (Lipinski definition) is 4. The molecule has 0 spiro atoms. The largest absolute Gasteiger partial charge is 0.325 e. The highest BCUT2D eigenvalue weighted by Crippen LogP contribution is 2.37. The molecular formula is C36H27Cl2N3O3S. The highest BCUT2D eigenvalue weighted by atomic mass is 35.5. The van der Waals surface area contributed by atoms with Gasteiger partial charge in [-0.2, -0.15) is 0 Å². The van der Waals surface area contributed by atoms with Crippen molar-refractivity contribution in [2.24, 2.45) is 0 Å². The van der Waals surface area contributed by atoms with Crippen LogP contribution in [0.1, 0.15) is 26.7 Å². The topological polar surface area (TPSA) is 87.3 Å². The van der Waals surface area contributed by atoms with Crippen molar-refractivity contribution in [3.05, 3.63) is 166 Å². The van der Waals surface area contributed by atoms with Crippen LogP contribution in [0.2, 0.25) is 10.0 Å². The van der Waals surface area contributed by atoms with Gasteiger partial charge in [0.1, 0.15) is 10.9 Å². The normalized spacial score (nSPS) is 11.7. The van der Waals surface area contributed by atoms with E-state index < -0.39 is 17.1 Å². The Kier molecular flexibility index (Phi) is 10.7. The Morgan fingerprint density at radius 2 is 1.22 bits per heavy atom. The maximum absolute atomic E-state index is 13.6. The van der Waals surface area contributed by atoms with Gasteiger partial charge >= 0.3 is 0 Å². The van der Waals surface area contributed by atoms with Crippen LogP contribution in [0.25, 0.3) is 6.08 Å². The zero-order valence-corrected chi connectivity index (χ0v) is 26.1. The summed E-state index contributed by atoms with van der Waals surface area (Å²) in [5.41, 5.74) is 2.70. The standard InChI is InChI=1S/C36H27Cl2N3O3S/c37-30-20-11-21-31(38)29(30)23-32(41-34(42)25-14-6-2-7-15-25)35(43)40-27-18-10-19-28(22-27)45-33(24-12-4-1-5-13-24)36(44)39-26-16-8-3-9-17-26/h1-23,33H,(H,39,44)(H,40,43)(H,41,42)/b32-23+. The van der Waals surface area contributed by atoms with Gasteiger partial charge < -0.3 is 16.0 Å². The van der Waals surface area contributed by atoms with E-state index in [2.05, 4.69) is 16.0 Å². The third-order valence-electron chi connectivity index (χ3n) is 6.54. The van der Waals surface area contributed by atoms with E-state index in [4.69, 9.17) is 23.2 Å². The highest BCUT2D eigenvalue weighted by molar-refractivity contribution is 8.00. The van der Waals surface area contributed by atoms with Crippen LogP contribution in [0, 0.1) is 0 Å². The lowest BCUT2D eigenvalue weighted by molar-refractivity contribution is -0.116. The van der Waals surface area contributed by atoms with Crippen LogP contribution in [-0.4, -0.2) is 17.7 Å². The minimum absolute atomic E-state index is 0.0543. The fourth-order valence-electron chi connectivity index (χ4n) is 4.35. The van der Waals surface area contributed by atoms with E-state index >= 15 is 0 Å². The van der Waals surface area contributed by atoms with Crippen molar-refractivity contribution in [2.45, 2.75) is 10.1 Å². The molecule has 3 N–H and O–H groups in total. The van der Waals surface area contributed by atoms with E-state index in [1.54, 1.807) is 66.7 Å². The summed E-state index contributed by atoms with van der Waals surface area (Å²) in [7, 11) is 0. The Balaban J connectivity index is 1.40. The number of thioether (sulfide) groups is 1. The second-order valence-electron chi connectivity index (χ2n) is 9.76. The maximum Gasteiger partial charge on any atom is 0.272 e. The van der Waals surface area contributed by atoms with Gasteiger partial charge in [0.05, 0.1) is 0 Å². The number of halogens is 2. The molecule has 0 heterocycles. The van der Waals surface area contributed by atoms with Gasteiger partial charge in [0.15, 0.2) is 0 Å². The first-order chi connectivity index (χ1) is 21.9. The third kappa shape index (κ3) is 8.64. The van der Waals surface area contributed by atoms with Gasteiger partial charge in [0, 0.05) is 37.4 Å². The average Bonchev–Trinajstić information content (AvgIpc) is 3.06. The maximum atomic E-state index is 13.6. The minimum atomic E-state index is -0.584. The van der Waals surface area contributed by atoms with E-state index in [-0.39, 0.29) is 11.6 Å². The molecule has 5 aromatic carbocycles. The lowest BCUT2D eigenvalue weighted by Gasteiger charge is -2.18. The zero-order valence-electron chi connectivity index (χ0n) is 23.7. The summed E-state index contributed by atoms with van der Waals surface area (Å²) in [5, 5.41) is 8.61. The van der Waals surface area contributed by atoms with Gasteiger partial charge in [-0.05, 0) is 66.2 Å². The Morgan fingerprint density at radius 3 is 1.89 bits per heavy atom. The second kappa shape index (κ2) is 15.3. The SMILES string of the molecule is O=C(Nc1cccc(SC(C(=O)Nc2ccccc2)c2ccccc2)c1)/C(=C\c1c(Cl)cccc1Cl)NC(=O)c1ccccc1. The smallest absolute Gasteiger partial charge is 0.272 e. The van der Waals surface area contributed by atoms with Crippen LogP contribution in [-0.2, 0) is 9.59 Å². The predicted octanol–water partition coefficient (Wildman–Crippen LogP) is 8.88. The first-order valence-electron chi connectivity index (χ1n) is 13.9. The number of para-hydroxylation sites is 1. The van der Waals surface area contributed by atoms with Gasteiger partial charge in [0.25, 0.3) is 11.8 Å². The van der Waals surface area contributed by atoms with Gasteiger partial charge in [-0.25, -0.2) is 0 Å². The number of anilines is 2. The molecule has 0 radical (unpaired) electrons. The summed E-state index contributed by atoms with van der Waals surface area (Å²) in [5.74, 6) is -1.24. The molecule has 9 heteroatoms. The van der Waals surface area contributed by atoms with Crippen molar-refractivity contribution in [3.8, 4) is 0 Å². The van der Waals surface area contributed by atoms with Crippen molar-refractivity contribution in [1.82, 2.24) is 5.32 Å². The molecule has 0 aliphatic carbocycles. The number of carbonyl (C=O) groups is 3. The van der Waals surface area contributed by atoms with Gasteiger partial charge in [-0.1, -0.05) is 102 Å². The monoisotopic (exact) mass is 651 g/mol. The molecule has 0 bridgehead atoms. The molecule has 45 heavy (non-hydrogen) atoms. The van der Waals surface area contributed by atoms with Crippen LogP contribution in [0.3, 0.4) is 0 Å². The number of carbonyl (C=O) groups excluding carboxylic acids is 3. The van der Waals surface area contributed by atoms with E-state index in [9.17, 15) is 14.4 Å². The summed E-state index contributed by atoms with van der Waals surface area (Å²) < 4.78 is 0. The molecule has 5 rings (SSSR count). The molecule has 0 saturated heterocycles. The lowest BCUT2D eigenvalue weighted by atomic mass is 10.1. The zero-order chi connectivity index (χ0) is 31.6. The molecule has 3 amide bonds. The fraction of sp³-hybridized carbons (Fsp3) is 0.0278. The molecule has 0 saturated carbocycles. The molecule has 0 aromatic heterocycles. The first-order valence-corrected chi connectivity index (χ1v) is 15.5. The second-order valence-corrected chi connectivity index (χ2v) is 11.8. The molecule has 1 unspecified atom stereocenters. The highest BCUT2D eigenvalue weighted by Gasteiger charge is 2.23. The average molecular weight is 653 g/mol. The molecule has 1 atom stereocenters. The molecule has 224 valence electrons. The summed E-state index contributed by atoms with van der Waals surface area (Å²) in [6.07, 6.45) is 1.44. The lowest BCUT2D eigenvalue weighted by Crippen LogP contribution is -2.30. The van der Waals surface area contributed by atoms with Crippen molar-refractivity contribution >= 4 is 70.1 Å². The van der Waals surface area contributed by atoms with E-state index in [0.717, 1.165) is 10.5 Å². The summed E-state index contributed by atoms with van der Waals surface area (Å²) in [6.45, 7) is 0. The number of hydrogen-bond donors (Lipinski definition) is 3. The summed E-state index contributed by atoms with van der Waals surface area (Å²) in [4.78, 5) is 40.9. The van der Waals surface area contributed by atoms with Gasteiger partial charge in [-0.15, -0.1) is 11.8 Å². The van der Waals surface area contributed by atoms with E-state index in [1.165, 1.54) is 17.8 Å². The molecule has 0 fully saturated rings. The first kappa shape index (κ1) is 31.6. The van der Waals surface area contributed by atoms with Crippen molar-refractivity contribution in [2.75, 3.05) is 10.6 Å². The quantitative estimate of drug-likeness (QED) is 0.104. The number of amides is 3. The summed E-state index contributed by atoms with van der Waals surface area (Å²) in [6, 6.07) is 39.4. The van der Waals surface area contributed by atoms with Crippen molar-refractivity contribution in [1.29, 1.82) is 0 Å². The van der Waals surface area contributed by atoms with Crippen LogP contribution >= 0.6 is 35.0 Å². The third-order valence-corrected chi connectivity index (χ3v) is 8.45. The molecule has 6 nitrogen and oxygen atoms in total. The van der Waals surface area contributed by atoms with Gasteiger partial charge in [0.2, 0.25) is 5.91 Å². The Morgan fingerprint density at radius 1 is 0.644 bits per heavy atom. The fourth-order valence-corrected chi connectivity index (χ4v) is 5.94. The molecule has 0 aliphatic rings. The van der Waals surface area contributed by atoms with Crippen LogP contribution in [0.4, 0.5) is 11.4 Å².